The van der Waals surface area contributed by atoms with E-state index in [0.29, 0.717) is 0 Å². The SMILES string of the molecule is NOC1Cc2cccc3cccc1c23. The molecule has 0 amide bonds. The molecule has 0 saturated carbocycles. The molecule has 0 aliphatic heterocycles. The first kappa shape index (κ1) is 7.97. The molecular formula is C12H11NO. The number of nitrogens with two attached hydrogens (primary N) is 1. The maximum atomic E-state index is 5.29. The van der Waals surface area contributed by atoms with Gasteiger partial charge in [0.05, 0.1) is 0 Å². The van der Waals surface area contributed by atoms with Gasteiger partial charge in [-0.2, -0.15) is 0 Å². The van der Waals surface area contributed by atoms with Crippen LogP contribution in [-0.2, 0) is 11.3 Å². The van der Waals surface area contributed by atoms with Gasteiger partial charge in [0.25, 0.3) is 0 Å². The van der Waals surface area contributed by atoms with E-state index in [-0.39, 0.29) is 6.10 Å². The Kier molecular flexibility index (Phi) is 1.60. The predicted octanol–water partition coefficient (Wildman–Crippen LogP) is 2.33. The van der Waals surface area contributed by atoms with Crippen LogP contribution in [0.5, 0.6) is 0 Å². The lowest BCUT2D eigenvalue weighted by molar-refractivity contribution is 0.0575. The lowest BCUT2D eigenvalue weighted by Gasteiger charge is -2.07. The first-order valence-electron chi connectivity index (χ1n) is 4.76. The Labute approximate surface area is 82.2 Å². The number of rotatable bonds is 1. The summed E-state index contributed by atoms with van der Waals surface area (Å²) < 4.78 is 0. The first-order chi connectivity index (χ1) is 6.90. The van der Waals surface area contributed by atoms with Gasteiger partial charge in [-0.05, 0) is 21.9 Å². The third-order valence-corrected chi connectivity index (χ3v) is 2.94. The largest absolute Gasteiger partial charge is 0.296 e. The van der Waals surface area contributed by atoms with Crippen LogP contribution in [0.2, 0.25) is 0 Å². The molecule has 2 N–H and O–H groups in total. The van der Waals surface area contributed by atoms with Gasteiger partial charge >= 0.3 is 0 Å². The second-order valence-corrected chi connectivity index (χ2v) is 3.69. The number of benzene rings is 2. The summed E-state index contributed by atoms with van der Waals surface area (Å²) in [6.07, 6.45) is 0.934. The van der Waals surface area contributed by atoms with E-state index in [9.17, 15) is 0 Å². The van der Waals surface area contributed by atoms with Gasteiger partial charge in [-0.3, -0.25) is 4.84 Å². The molecule has 1 unspecified atom stereocenters. The summed E-state index contributed by atoms with van der Waals surface area (Å²) in [5.41, 5.74) is 2.56. The highest BCUT2D eigenvalue weighted by molar-refractivity contribution is 5.91. The summed E-state index contributed by atoms with van der Waals surface area (Å²) in [5, 5.41) is 2.60. The topological polar surface area (TPSA) is 35.2 Å². The Morgan fingerprint density at radius 2 is 1.93 bits per heavy atom. The maximum Gasteiger partial charge on any atom is 0.108 e. The molecule has 1 atom stereocenters. The van der Waals surface area contributed by atoms with Gasteiger partial charge < -0.3 is 0 Å². The molecule has 14 heavy (non-hydrogen) atoms. The zero-order chi connectivity index (χ0) is 9.54. The van der Waals surface area contributed by atoms with E-state index in [1.54, 1.807) is 0 Å². The van der Waals surface area contributed by atoms with Crippen LogP contribution in [0.3, 0.4) is 0 Å². The van der Waals surface area contributed by atoms with Crippen LogP contribution in [0.1, 0.15) is 17.2 Å². The Morgan fingerprint density at radius 3 is 2.71 bits per heavy atom. The molecule has 1 aliphatic rings. The van der Waals surface area contributed by atoms with E-state index < -0.39 is 0 Å². The summed E-state index contributed by atoms with van der Waals surface area (Å²) in [4.78, 5) is 4.98. The fourth-order valence-corrected chi connectivity index (χ4v) is 2.32. The lowest BCUT2D eigenvalue weighted by Crippen LogP contribution is -2.07. The van der Waals surface area contributed by atoms with E-state index in [2.05, 4.69) is 36.4 Å². The molecule has 1 aliphatic carbocycles. The minimum Gasteiger partial charge on any atom is -0.296 e. The lowest BCUT2D eigenvalue weighted by atomic mass is 10.1. The Balaban J connectivity index is 2.38. The molecule has 2 aromatic carbocycles. The summed E-state index contributed by atoms with van der Waals surface area (Å²) >= 11 is 0. The summed E-state index contributed by atoms with van der Waals surface area (Å²) in [5.74, 6) is 5.29. The second kappa shape index (κ2) is 2.80. The Bertz CT molecular complexity index is 487. The molecular weight excluding hydrogens is 174 g/mol. The fraction of sp³-hybridized carbons (Fsp3) is 0.167. The van der Waals surface area contributed by atoms with Crippen LogP contribution >= 0.6 is 0 Å². The molecule has 3 rings (SSSR count). The minimum absolute atomic E-state index is 0.0381. The summed E-state index contributed by atoms with van der Waals surface area (Å²) in [6, 6.07) is 12.6. The van der Waals surface area contributed by atoms with Gasteiger partial charge in [-0.15, -0.1) is 0 Å². The van der Waals surface area contributed by atoms with E-state index >= 15 is 0 Å². The third-order valence-electron chi connectivity index (χ3n) is 2.94. The van der Waals surface area contributed by atoms with Gasteiger partial charge in [-0.25, -0.2) is 5.90 Å². The third kappa shape index (κ3) is 0.924. The van der Waals surface area contributed by atoms with Crippen molar-refractivity contribution in [3.8, 4) is 0 Å². The Morgan fingerprint density at radius 1 is 1.14 bits per heavy atom. The van der Waals surface area contributed by atoms with E-state index in [1.165, 1.54) is 21.9 Å². The van der Waals surface area contributed by atoms with Crippen molar-refractivity contribution in [1.82, 2.24) is 0 Å². The average Bonchev–Trinajstić information content (AvgIpc) is 2.60. The Hall–Kier alpha value is -1.38. The molecule has 2 heteroatoms. The van der Waals surface area contributed by atoms with Crippen LogP contribution in [-0.4, -0.2) is 0 Å². The van der Waals surface area contributed by atoms with Crippen LogP contribution in [0, 0.1) is 0 Å². The zero-order valence-electron chi connectivity index (χ0n) is 7.73. The van der Waals surface area contributed by atoms with Crippen LogP contribution in [0.15, 0.2) is 36.4 Å². The van der Waals surface area contributed by atoms with Crippen molar-refractivity contribution in [2.24, 2.45) is 5.90 Å². The quantitative estimate of drug-likeness (QED) is 0.692. The van der Waals surface area contributed by atoms with Gasteiger partial charge in [0.2, 0.25) is 0 Å². The maximum absolute atomic E-state index is 5.29. The van der Waals surface area contributed by atoms with Crippen molar-refractivity contribution in [3.63, 3.8) is 0 Å². The van der Waals surface area contributed by atoms with E-state index in [4.69, 9.17) is 10.7 Å². The molecule has 0 saturated heterocycles. The molecule has 2 nitrogen and oxygen atoms in total. The second-order valence-electron chi connectivity index (χ2n) is 3.69. The highest BCUT2D eigenvalue weighted by atomic mass is 16.6. The smallest absolute Gasteiger partial charge is 0.108 e. The molecule has 0 radical (unpaired) electrons. The van der Waals surface area contributed by atoms with Gasteiger partial charge in [0, 0.05) is 6.42 Å². The number of hydrogen-bond acceptors (Lipinski definition) is 2. The molecule has 70 valence electrons. The monoisotopic (exact) mass is 185 g/mol. The van der Waals surface area contributed by atoms with Crippen LogP contribution < -0.4 is 5.90 Å². The van der Waals surface area contributed by atoms with Crippen molar-refractivity contribution in [3.05, 3.63) is 47.5 Å². The van der Waals surface area contributed by atoms with Crippen molar-refractivity contribution >= 4 is 10.8 Å². The highest BCUT2D eigenvalue weighted by Crippen LogP contribution is 2.37. The van der Waals surface area contributed by atoms with Crippen LogP contribution in [0.4, 0.5) is 0 Å². The summed E-state index contributed by atoms with van der Waals surface area (Å²) in [6.45, 7) is 0. The number of hydrogen-bond donors (Lipinski definition) is 1. The van der Waals surface area contributed by atoms with Crippen LogP contribution in [0.25, 0.3) is 10.8 Å². The normalized spacial score (nSPS) is 19.1. The highest BCUT2D eigenvalue weighted by Gasteiger charge is 2.23. The van der Waals surface area contributed by atoms with Gasteiger partial charge in [0.15, 0.2) is 0 Å². The first-order valence-corrected chi connectivity index (χ1v) is 4.76. The molecule has 0 heterocycles. The molecule has 2 aromatic rings. The van der Waals surface area contributed by atoms with E-state index in [0.717, 1.165) is 6.42 Å². The molecule has 0 bridgehead atoms. The molecule has 0 aromatic heterocycles. The van der Waals surface area contributed by atoms with Gasteiger partial charge in [-0.1, -0.05) is 36.4 Å². The van der Waals surface area contributed by atoms with Crippen molar-refractivity contribution in [1.29, 1.82) is 0 Å². The summed E-state index contributed by atoms with van der Waals surface area (Å²) in [7, 11) is 0. The average molecular weight is 185 g/mol. The van der Waals surface area contributed by atoms with Crippen molar-refractivity contribution in [2.45, 2.75) is 12.5 Å². The fourth-order valence-electron chi connectivity index (χ4n) is 2.32. The van der Waals surface area contributed by atoms with E-state index in [1.807, 2.05) is 0 Å². The van der Waals surface area contributed by atoms with Gasteiger partial charge in [0.1, 0.15) is 6.10 Å². The van der Waals surface area contributed by atoms with Crippen molar-refractivity contribution in [2.75, 3.05) is 0 Å². The molecule has 0 fully saturated rings. The standard InChI is InChI=1S/C12H11NO/c13-14-11-7-9-5-1-3-8-4-2-6-10(11)12(8)9/h1-6,11H,7,13H2. The predicted molar refractivity (Wildman–Crippen MR) is 55.7 cm³/mol. The minimum atomic E-state index is 0.0381. The molecule has 0 spiro atoms. The van der Waals surface area contributed by atoms with Crippen molar-refractivity contribution < 1.29 is 4.84 Å². The zero-order valence-corrected chi connectivity index (χ0v) is 7.73.